The Labute approximate surface area is 112 Å². The molecule has 98 valence electrons. The van der Waals surface area contributed by atoms with E-state index in [0.717, 1.165) is 25.9 Å². The van der Waals surface area contributed by atoms with Gasteiger partial charge in [-0.3, -0.25) is 9.67 Å². The van der Waals surface area contributed by atoms with Crippen molar-refractivity contribution in [2.75, 3.05) is 6.54 Å². The molecule has 2 aromatic heterocycles. The Morgan fingerprint density at radius 1 is 1.39 bits per heavy atom. The van der Waals surface area contributed by atoms with E-state index in [0.29, 0.717) is 6.04 Å². The number of rotatable bonds is 7. The summed E-state index contributed by atoms with van der Waals surface area (Å²) < 4.78 is 1.97. The molecule has 0 aliphatic heterocycles. The molecule has 0 aromatic carbocycles. The zero-order chi connectivity index (χ0) is 12.8. The first-order chi connectivity index (χ1) is 8.83. The molecule has 2 heterocycles. The van der Waals surface area contributed by atoms with Crippen LogP contribution in [0.25, 0.3) is 0 Å². The summed E-state index contributed by atoms with van der Waals surface area (Å²) in [5.74, 6) is 0. The van der Waals surface area contributed by atoms with Crippen LogP contribution in [0.2, 0.25) is 0 Å². The van der Waals surface area contributed by atoms with Gasteiger partial charge in [0.25, 0.3) is 0 Å². The molecule has 0 aliphatic carbocycles. The van der Waals surface area contributed by atoms with E-state index in [1.807, 2.05) is 22.6 Å². The summed E-state index contributed by atoms with van der Waals surface area (Å²) in [4.78, 5) is 5.47. The van der Waals surface area contributed by atoms with Crippen LogP contribution in [0.3, 0.4) is 0 Å². The van der Waals surface area contributed by atoms with Crippen LogP contribution in [-0.4, -0.2) is 21.3 Å². The molecule has 1 N–H and O–H groups in total. The van der Waals surface area contributed by atoms with E-state index in [4.69, 9.17) is 0 Å². The molecule has 0 amide bonds. The van der Waals surface area contributed by atoms with Gasteiger partial charge in [0.1, 0.15) is 0 Å². The van der Waals surface area contributed by atoms with Gasteiger partial charge in [-0.2, -0.15) is 5.10 Å². The average molecular weight is 264 g/mol. The predicted molar refractivity (Wildman–Crippen MR) is 74.8 cm³/mol. The second-order valence-electron chi connectivity index (χ2n) is 4.32. The molecule has 0 bridgehead atoms. The summed E-state index contributed by atoms with van der Waals surface area (Å²) in [7, 11) is 0. The highest BCUT2D eigenvalue weighted by Gasteiger charge is 2.14. The zero-order valence-corrected chi connectivity index (χ0v) is 11.8. The summed E-state index contributed by atoms with van der Waals surface area (Å²) >= 11 is 1.71. The second-order valence-corrected chi connectivity index (χ2v) is 5.24. The first-order valence-electron chi connectivity index (χ1n) is 6.46. The van der Waals surface area contributed by atoms with Crippen molar-refractivity contribution in [3.8, 4) is 0 Å². The van der Waals surface area contributed by atoms with E-state index in [9.17, 15) is 0 Å². The van der Waals surface area contributed by atoms with Crippen molar-refractivity contribution in [1.82, 2.24) is 20.1 Å². The Kier molecular flexibility index (Phi) is 4.90. The summed E-state index contributed by atoms with van der Waals surface area (Å²) in [6, 6.07) is 0.354. The minimum absolute atomic E-state index is 0.354. The monoisotopic (exact) mass is 264 g/mol. The number of hydrogen-bond acceptors (Lipinski definition) is 4. The second kappa shape index (κ2) is 6.66. The maximum absolute atomic E-state index is 4.33. The smallest absolute Gasteiger partial charge is 0.0794 e. The standard InChI is InChI=1S/C13H20N4S/c1-3-5-15-12(13-8-14-10-18-13)6-11-7-16-17(4-2)9-11/h7-10,12,15H,3-6H2,1-2H3. The molecule has 1 atom stereocenters. The predicted octanol–water partition coefficient (Wildman–Crippen LogP) is 2.64. The van der Waals surface area contributed by atoms with Crippen LogP contribution in [0.5, 0.6) is 0 Å². The van der Waals surface area contributed by atoms with Crippen LogP contribution in [0.1, 0.15) is 36.8 Å². The molecule has 0 aliphatic rings. The lowest BCUT2D eigenvalue weighted by atomic mass is 10.1. The van der Waals surface area contributed by atoms with E-state index < -0.39 is 0 Å². The van der Waals surface area contributed by atoms with Crippen LogP contribution >= 0.6 is 11.3 Å². The van der Waals surface area contributed by atoms with Crippen LogP contribution in [0, 0.1) is 0 Å². The van der Waals surface area contributed by atoms with Gasteiger partial charge in [0, 0.05) is 29.9 Å². The Morgan fingerprint density at radius 3 is 2.89 bits per heavy atom. The van der Waals surface area contributed by atoms with Crippen LogP contribution < -0.4 is 5.32 Å². The van der Waals surface area contributed by atoms with Crippen molar-refractivity contribution in [1.29, 1.82) is 0 Å². The Hall–Kier alpha value is -1.20. The number of aromatic nitrogens is 3. The van der Waals surface area contributed by atoms with E-state index in [-0.39, 0.29) is 0 Å². The minimum Gasteiger partial charge on any atom is -0.309 e. The van der Waals surface area contributed by atoms with Crippen LogP contribution in [-0.2, 0) is 13.0 Å². The molecular formula is C13H20N4S. The zero-order valence-electron chi connectivity index (χ0n) is 11.0. The molecule has 1 unspecified atom stereocenters. The molecule has 2 rings (SSSR count). The first kappa shape index (κ1) is 13.2. The Bertz CT molecular complexity index is 449. The maximum atomic E-state index is 4.33. The largest absolute Gasteiger partial charge is 0.309 e. The number of thiazole rings is 1. The topological polar surface area (TPSA) is 42.7 Å². The molecular weight excluding hydrogens is 244 g/mol. The molecule has 0 fully saturated rings. The lowest BCUT2D eigenvalue weighted by molar-refractivity contribution is 0.535. The normalized spacial score (nSPS) is 12.8. The fraction of sp³-hybridized carbons (Fsp3) is 0.538. The minimum atomic E-state index is 0.354. The van der Waals surface area contributed by atoms with E-state index in [2.05, 4.69) is 35.4 Å². The van der Waals surface area contributed by atoms with Crippen molar-refractivity contribution < 1.29 is 0 Å². The summed E-state index contributed by atoms with van der Waals surface area (Å²) in [6.45, 7) is 6.25. The van der Waals surface area contributed by atoms with Gasteiger partial charge in [-0.25, -0.2) is 0 Å². The third kappa shape index (κ3) is 3.40. The average Bonchev–Trinajstić information content (AvgIpc) is 3.05. The van der Waals surface area contributed by atoms with Crippen molar-refractivity contribution in [3.05, 3.63) is 34.5 Å². The highest BCUT2D eigenvalue weighted by atomic mass is 32.1. The third-order valence-electron chi connectivity index (χ3n) is 2.89. The molecule has 0 saturated heterocycles. The number of nitrogens with one attached hydrogen (secondary N) is 1. The fourth-order valence-electron chi connectivity index (χ4n) is 1.91. The molecule has 4 nitrogen and oxygen atoms in total. The quantitative estimate of drug-likeness (QED) is 0.836. The summed E-state index contributed by atoms with van der Waals surface area (Å²) in [6.07, 6.45) is 8.17. The van der Waals surface area contributed by atoms with Gasteiger partial charge in [0.15, 0.2) is 0 Å². The van der Waals surface area contributed by atoms with Crippen molar-refractivity contribution >= 4 is 11.3 Å². The van der Waals surface area contributed by atoms with Gasteiger partial charge in [-0.1, -0.05) is 6.92 Å². The third-order valence-corrected chi connectivity index (χ3v) is 3.78. The number of nitrogens with zero attached hydrogens (tertiary/aromatic N) is 3. The van der Waals surface area contributed by atoms with Crippen LogP contribution in [0.4, 0.5) is 0 Å². The van der Waals surface area contributed by atoms with Crippen molar-refractivity contribution in [2.45, 2.75) is 39.3 Å². The summed E-state index contributed by atoms with van der Waals surface area (Å²) in [5, 5.41) is 7.91. The molecule has 0 saturated carbocycles. The molecule has 0 spiro atoms. The number of aryl methyl sites for hydroxylation is 1. The van der Waals surface area contributed by atoms with Gasteiger partial charge in [-0.05, 0) is 31.9 Å². The van der Waals surface area contributed by atoms with Crippen LogP contribution in [0.15, 0.2) is 24.1 Å². The van der Waals surface area contributed by atoms with Gasteiger partial charge >= 0.3 is 0 Å². The molecule has 0 radical (unpaired) electrons. The van der Waals surface area contributed by atoms with Gasteiger partial charge in [0.2, 0.25) is 0 Å². The van der Waals surface area contributed by atoms with E-state index in [1.54, 1.807) is 11.3 Å². The summed E-state index contributed by atoms with van der Waals surface area (Å²) in [5.41, 5.74) is 3.17. The molecule has 2 aromatic rings. The molecule has 18 heavy (non-hydrogen) atoms. The lowest BCUT2D eigenvalue weighted by Gasteiger charge is -2.15. The van der Waals surface area contributed by atoms with Crippen molar-refractivity contribution in [2.24, 2.45) is 0 Å². The highest BCUT2D eigenvalue weighted by molar-refractivity contribution is 7.09. The van der Waals surface area contributed by atoms with Gasteiger partial charge in [0.05, 0.1) is 11.7 Å². The fourth-order valence-corrected chi connectivity index (χ4v) is 2.61. The maximum Gasteiger partial charge on any atom is 0.0794 e. The van der Waals surface area contributed by atoms with Gasteiger partial charge in [-0.15, -0.1) is 11.3 Å². The lowest BCUT2D eigenvalue weighted by Crippen LogP contribution is -2.23. The SMILES string of the molecule is CCCNC(Cc1cnn(CC)c1)c1cncs1. The first-order valence-corrected chi connectivity index (χ1v) is 7.34. The van der Waals surface area contributed by atoms with Gasteiger partial charge < -0.3 is 5.32 Å². The molecule has 5 heteroatoms. The van der Waals surface area contributed by atoms with Crippen molar-refractivity contribution in [3.63, 3.8) is 0 Å². The number of hydrogen-bond donors (Lipinski definition) is 1. The van der Waals surface area contributed by atoms with E-state index in [1.165, 1.54) is 10.4 Å². The van der Waals surface area contributed by atoms with E-state index >= 15 is 0 Å². The Balaban J connectivity index is 2.04. The highest BCUT2D eigenvalue weighted by Crippen LogP contribution is 2.21. The Morgan fingerprint density at radius 2 is 2.28 bits per heavy atom.